The Balaban J connectivity index is 1.20. The van der Waals surface area contributed by atoms with Gasteiger partial charge in [0.1, 0.15) is 0 Å². The number of nitrogens with zero attached hydrogens (tertiary/aromatic N) is 3. The van der Waals surface area contributed by atoms with Crippen molar-refractivity contribution in [2.24, 2.45) is 5.41 Å². The van der Waals surface area contributed by atoms with Crippen LogP contribution in [-0.4, -0.2) is 47.3 Å². The summed E-state index contributed by atoms with van der Waals surface area (Å²) in [7, 11) is 0. The third kappa shape index (κ3) is 7.03. The van der Waals surface area contributed by atoms with Crippen molar-refractivity contribution >= 4 is 0 Å². The first-order valence-electron chi connectivity index (χ1n) is 15.9. The lowest BCUT2D eigenvalue weighted by Gasteiger charge is -2.37. The van der Waals surface area contributed by atoms with Crippen molar-refractivity contribution in [1.29, 1.82) is 0 Å². The molecule has 3 heterocycles. The molecule has 0 saturated carbocycles. The molecule has 6 rings (SSSR count). The second kappa shape index (κ2) is 13.8. The minimum Gasteiger partial charge on any atom is -0.345 e. The number of piperidine rings is 1. The normalized spacial score (nSPS) is 21.4. The van der Waals surface area contributed by atoms with Gasteiger partial charge in [-0.2, -0.15) is 0 Å². The average molecular weight is 564 g/mol. The van der Waals surface area contributed by atoms with Gasteiger partial charge in [0.2, 0.25) is 6.29 Å². The van der Waals surface area contributed by atoms with Gasteiger partial charge in [0, 0.05) is 23.1 Å². The zero-order valence-corrected chi connectivity index (χ0v) is 25.1. The summed E-state index contributed by atoms with van der Waals surface area (Å²) in [6, 6.07) is 31.6. The van der Waals surface area contributed by atoms with Gasteiger partial charge in [-0.05, 0) is 50.9 Å². The Bertz CT molecular complexity index is 1370. The fourth-order valence-electron chi connectivity index (χ4n) is 6.45. The van der Waals surface area contributed by atoms with E-state index >= 15 is 0 Å². The molecule has 5 heteroatoms. The number of rotatable bonds is 11. The molecular formula is C37H45N3O2. The largest absolute Gasteiger partial charge is 0.345 e. The van der Waals surface area contributed by atoms with E-state index in [9.17, 15) is 0 Å². The van der Waals surface area contributed by atoms with Gasteiger partial charge in [-0.15, -0.1) is 0 Å². The Morgan fingerprint density at radius 1 is 0.738 bits per heavy atom. The molecule has 2 aliphatic rings. The summed E-state index contributed by atoms with van der Waals surface area (Å²) in [5, 5.41) is 0. The summed E-state index contributed by atoms with van der Waals surface area (Å²) in [6.07, 6.45) is 8.57. The van der Waals surface area contributed by atoms with E-state index in [1.165, 1.54) is 63.7 Å². The first kappa shape index (κ1) is 28.9. The number of hydrogen-bond acceptors (Lipinski definition) is 4. The molecule has 42 heavy (non-hydrogen) atoms. The number of unbranched alkanes of at least 4 members (excludes halogenated alkanes) is 2. The van der Waals surface area contributed by atoms with Crippen LogP contribution in [0.25, 0.3) is 22.5 Å². The fourth-order valence-corrected chi connectivity index (χ4v) is 6.45. The second-order valence-electron chi connectivity index (χ2n) is 12.4. The molecule has 1 aromatic heterocycles. The molecule has 0 radical (unpaired) electrons. The third-order valence-corrected chi connectivity index (χ3v) is 8.86. The lowest BCUT2D eigenvalue weighted by atomic mass is 9.85. The second-order valence-corrected chi connectivity index (χ2v) is 12.4. The van der Waals surface area contributed by atoms with E-state index in [1.807, 2.05) is 0 Å². The van der Waals surface area contributed by atoms with Crippen LogP contribution in [0.4, 0.5) is 0 Å². The van der Waals surface area contributed by atoms with Crippen molar-refractivity contribution in [3.8, 4) is 22.5 Å². The highest BCUT2D eigenvalue weighted by atomic mass is 16.7. The smallest absolute Gasteiger partial charge is 0.217 e. The minimum absolute atomic E-state index is 0.0308. The summed E-state index contributed by atoms with van der Waals surface area (Å²) in [4.78, 5) is 7.91. The van der Waals surface area contributed by atoms with Crippen molar-refractivity contribution in [3.63, 3.8) is 0 Å². The fraction of sp³-hybridized carbons (Fsp3) is 0.432. The van der Waals surface area contributed by atoms with Crippen LogP contribution in [-0.2, 0) is 16.0 Å². The monoisotopic (exact) mass is 563 g/mol. The average Bonchev–Trinajstić information content (AvgIpc) is 3.42. The molecule has 0 amide bonds. The Labute approximate surface area is 251 Å². The van der Waals surface area contributed by atoms with Crippen molar-refractivity contribution in [2.45, 2.75) is 64.7 Å². The standard InChI is InChI=1S/C37H45N3O2/c1-37(23-13-5-14-24-39-25-15-6-16-26-39)28-41-36(42-29-37)35-38-33(31-19-9-3-10-20-31)34(32-21-11-4-12-22-32)40(35)27-30-17-7-2-8-18-30/h2-4,7-12,17-22,36H,5-6,13-16,23-29H2,1H3. The van der Waals surface area contributed by atoms with E-state index in [0.29, 0.717) is 19.8 Å². The van der Waals surface area contributed by atoms with Gasteiger partial charge >= 0.3 is 0 Å². The number of hydrogen-bond donors (Lipinski definition) is 0. The van der Waals surface area contributed by atoms with Crippen molar-refractivity contribution in [3.05, 3.63) is 102 Å². The van der Waals surface area contributed by atoms with E-state index in [1.54, 1.807) is 0 Å². The van der Waals surface area contributed by atoms with Crippen LogP contribution in [0.3, 0.4) is 0 Å². The van der Waals surface area contributed by atoms with Crippen LogP contribution < -0.4 is 0 Å². The highest BCUT2D eigenvalue weighted by Crippen LogP contribution is 2.40. The minimum atomic E-state index is -0.499. The molecule has 0 N–H and O–H groups in total. The van der Waals surface area contributed by atoms with Crippen molar-refractivity contribution in [2.75, 3.05) is 32.8 Å². The molecule has 2 saturated heterocycles. The lowest BCUT2D eigenvalue weighted by Crippen LogP contribution is -2.37. The number of imidazole rings is 1. The Morgan fingerprint density at radius 3 is 2.02 bits per heavy atom. The van der Waals surface area contributed by atoms with Gasteiger partial charge in [0.15, 0.2) is 5.82 Å². The summed E-state index contributed by atoms with van der Waals surface area (Å²) in [5.74, 6) is 0.833. The molecule has 4 aromatic rings. The maximum atomic E-state index is 6.54. The van der Waals surface area contributed by atoms with Gasteiger partial charge in [0.25, 0.3) is 0 Å². The molecule has 3 aromatic carbocycles. The zero-order valence-electron chi connectivity index (χ0n) is 25.1. The van der Waals surface area contributed by atoms with Gasteiger partial charge in [-0.1, -0.05) is 117 Å². The van der Waals surface area contributed by atoms with E-state index in [-0.39, 0.29) is 5.41 Å². The molecule has 0 spiro atoms. The maximum Gasteiger partial charge on any atom is 0.217 e. The molecule has 0 aliphatic carbocycles. The lowest BCUT2D eigenvalue weighted by molar-refractivity contribution is -0.236. The highest BCUT2D eigenvalue weighted by Gasteiger charge is 2.36. The first-order valence-corrected chi connectivity index (χ1v) is 15.9. The van der Waals surface area contributed by atoms with E-state index in [4.69, 9.17) is 14.5 Å². The Kier molecular flexibility index (Phi) is 9.49. The Morgan fingerprint density at radius 2 is 1.36 bits per heavy atom. The molecule has 2 fully saturated rings. The molecule has 0 bridgehead atoms. The predicted molar refractivity (Wildman–Crippen MR) is 170 cm³/mol. The SMILES string of the molecule is CC1(CCCCCN2CCCCC2)COC(c2nc(-c3ccccc3)c(-c3ccccc3)n2Cc2ccccc2)OC1. The number of likely N-dealkylation sites (tertiary alicyclic amines) is 1. The Hall–Kier alpha value is -3.25. The van der Waals surface area contributed by atoms with Crippen LogP contribution in [0.1, 0.15) is 69.5 Å². The topological polar surface area (TPSA) is 39.5 Å². The van der Waals surface area contributed by atoms with Gasteiger partial charge in [-0.25, -0.2) is 4.98 Å². The zero-order chi connectivity index (χ0) is 28.6. The highest BCUT2D eigenvalue weighted by molar-refractivity contribution is 5.79. The number of ether oxygens (including phenoxy) is 2. The van der Waals surface area contributed by atoms with Crippen LogP contribution in [0.2, 0.25) is 0 Å². The van der Waals surface area contributed by atoms with Gasteiger partial charge in [0.05, 0.1) is 24.6 Å². The number of aromatic nitrogens is 2. The van der Waals surface area contributed by atoms with Crippen LogP contribution in [0, 0.1) is 5.41 Å². The van der Waals surface area contributed by atoms with Gasteiger partial charge < -0.3 is 18.9 Å². The molecule has 0 unspecified atom stereocenters. The third-order valence-electron chi connectivity index (χ3n) is 8.86. The van der Waals surface area contributed by atoms with Crippen LogP contribution in [0.5, 0.6) is 0 Å². The maximum absolute atomic E-state index is 6.54. The molecule has 0 atom stereocenters. The first-order chi connectivity index (χ1) is 20.7. The van der Waals surface area contributed by atoms with Gasteiger partial charge in [-0.3, -0.25) is 0 Å². The van der Waals surface area contributed by atoms with Crippen molar-refractivity contribution < 1.29 is 9.47 Å². The summed E-state index contributed by atoms with van der Waals surface area (Å²) < 4.78 is 15.4. The van der Waals surface area contributed by atoms with E-state index < -0.39 is 6.29 Å². The van der Waals surface area contributed by atoms with Crippen LogP contribution >= 0.6 is 0 Å². The van der Waals surface area contributed by atoms with Crippen molar-refractivity contribution in [1.82, 2.24) is 14.5 Å². The van der Waals surface area contributed by atoms with E-state index in [0.717, 1.165) is 34.8 Å². The summed E-state index contributed by atoms with van der Waals surface area (Å²) >= 11 is 0. The number of benzene rings is 3. The predicted octanol–water partition coefficient (Wildman–Crippen LogP) is 8.36. The molecular weight excluding hydrogens is 518 g/mol. The molecule has 5 nitrogen and oxygen atoms in total. The van der Waals surface area contributed by atoms with Crippen LogP contribution in [0.15, 0.2) is 91.0 Å². The van der Waals surface area contributed by atoms with E-state index in [2.05, 4.69) is 107 Å². The quantitative estimate of drug-likeness (QED) is 0.172. The summed E-state index contributed by atoms with van der Waals surface area (Å²) in [5.41, 5.74) is 5.53. The summed E-state index contributed by atoms with van der Waals surface area (Å²) in [6.45, 7) is 8.21. The molecule has 220 valence electrons. The molecule has 2 aliphatic heterocycles.